The number of nitrogens with zero attached hydrogens (tertiary/aromatic N) is 1. The van der Waals surface area contributed by atoms with Gasteiger partial charge in [0, 0.05) is 12.1 Å². The molecule has 0 aromatic heterocycles. The van der Waals surface area contributed by atoms with Gasteiger partial charge in [-0.2, -0.15) is 0 Å². The Morgan fingerprint density at radius 3 is 2.70 bits per heavy atom. The molecular formula is C13H11N3O4. The molecule has 2 aliphatic rings. The number of rotatable bonds is 1. The molecule has 7 nitrogen and oxygen atoms in total. The summed E-state index contributed by atoms with van der Waals surface area (Å²) in [5, 5.41) is 2.10. The molecule has 4 amide bonds. The first-order valence-electron chi connectivity index (χ1n) is 6.52. The van der Waals surface area contributed by atoms with E-state index in [0.29, 0.717) is 0 Å². The lowest BCUT2D eigenvalue weighted by Crippen LogP contribution is -2.54. The summed E-state index contributed by atoms with van der Waals surface area (Å²) in [5.41, 5.74) is 5.66. The molecule has 1 unspecified atom stereocenters. The lowest BCUT2D eigenvalue weighted by molar-refractivity contribution is -0.136. The van der Waals surface area contributed by atoms with E-state index in [1.807, 2.05) is 0 Å². The van der Waals surface area contributed by atoms with Gasteiger partial charge in [-0.25, -0.2) is 0 Å². The van der Waals surface area contributed by atoms with Gasteiger partial charge in [0.15, 0.2) is 0 Å². The van der Waals surface area contributed by atoms with E-state index >= 15 is 0 Å². The highest BCUT2D eigenvalue weighted by Crippen LogP contribution is 2.30. The number of anilines is 1. The zero-order chi connectivity index (χ0) is 15.3. The van der Waals surface area contributed by atoms with E-state index in [4.69, 9.17) is 7.10 Å². The summed E-state index contributed by atoms with van der Waals surface area (Å²) in [7, 11) is 0. The maximum absolute atomic E-state index is 12.4. The zero-order valence-corrected chi connectivity index (χ0v) is 10.3. The number of benzene rings is 1. The Morgan fingerprint density at radius 2 is 2.05 bits per heavy atom. The number of amides is 4. The first-order valence-corrected chi connectivity index (χ1v) is 6.02. The fraction of sp³-hybridized carbons (Fsp3) is 0.231. The summed E-state index contributed by atoms with van der Waals surface area (Å²) >= 11 is 0. The third-order valence-electron chi connectivity index (χ3n) is 3.42. The molecular weight excluding hydrogens is 262 g/mol. The summed E-state index contributed by atoms with van der Waals surface area (Å²) in [6.07, 6.45) is 0.121. The van der Waals surface area contributed by atoms with E-state index in [9.17, 15) is 19.2 Å². The van der Waals surface area contributed by atoms with Crippen LogP contribution in [0.15, 0.2) is 18.2 Å². The Bertz CT molecular complexity index is 675. The van der Waals surface area contributed by atoms with E-state index in [0.717, 1.165) is 4.90 Å². The number of hydrogen-bond donors (Lipinski definition) is 2. The number of piperidine rings is 1. The Kier molecular flexibility index (Phi) is 2.32. The summed E-state index contributed by atoms with van der Waals surface area (Å²) in [6.45, 7) is 0. The Morgan fingerprint density at radius 1 is 1.30 bits per heavy atom. The van der Waals surface area contributed by atoms with E-state index in [-0.39, 0.29) is 35.7 Å². The van der Waals surface area contributed by atoms with Gasteiger partial charge < -0.3 is 5.73 Å². The molecule has 102 valence electrons. The van der Waals surface area contributed by atoms with Crippen molar-refractivity contribution in [2.24, 2.45) is 0 Å². The van der Waals surface area contributed by atoms with Crippen LogP contribution in [0.5, 0.6) is 0 Å². The van der Waals surface area contributed by atoms with Gasteiger partial charge in [-0.05, 0) is 18.5 Å². The lowest BCUT2D eigenvalue weighted by atomic mass is 10.0. The first kappa shape index (κ1) is 11.2. The molecule has 3 rings (SSSR count). The molecule has 0 aliphatic carbocycles. The second-order valence-corrected chi connectivity index (χ2v) is 4.63. The van der Waals surface area contributed by atoms with Gasteiger partial charge >= 0.3 is 0 Å². The van der Waals surface area contributed by atoms with Crippen LogP contribution < -0.4 is 11.1 Å². The molecule has 1 atom stereocenters. The van der Waals surface area contributed by atoms with Crippen molar-refractivity contribution in [2.75, 3.05) is 5.73 Å². The molecule has 0 bridgehead atoms. The number of carbonyl (C=O) groups is 4. The zero-order valence-electron chi connectivity index (χ0n) is 11.3. The molecule has 2 heterocycles. The SMILES string of the molecule is [2H]c1ccc(N)c2c1C(=O)N(C1CCC(=O)NC1=O)C2=O. The summed E-state index contributed by atoms with van der Waals surface area (Å²) in [5.74, 6) is -2.54. The molecule has 0 radical (unpaired) electrons. The van der Waals surface area contributed by atoms with Gasteiger partial charge in [-0.1, -0.05) is 6.07 Å². The maximum atomic E-state index is 12.4. The van der Waals surface area contributed by atoms with Crippen LogP contribution in [0.25, 0.3) is 0 Å². The van der Waals surface area contributed by atoms with Crippen LogP contribution in [-0.2, 0) is 9.59 Å². The number of nitrogens with two attached hydrogens (primary N) is 1. The second kappa shape index (κ2) is 4.16. The van der Waals surface area contributed by atoms with Crippen LogP contribution in [-0.4, -0.2) is 34.6 Å². The van der Waals surface area contributed by atoms with Gasteiger partial charge in [0.05, 0.1) is 12.5 Å². The number of carbonyl (C=O) groups excluding carboxylic acids is 4. The van der Waals surface area contributed by atoms with E-state index in [1.165, 1.54) is 12.1 Å². The van der Waals surface area contributed by atoms with Crippen molar-refractivity contribution in [2.45, 2.75) is 18.9 Å². The molecule has 3 N–H and O–H groups in total. The molecule has 20 heavy (non-hydrogen) atoms. The monoisotopic (exact) mass is 274 g/mol. The minimum Gasteiger partial charge on any atom is -0.398 e. The van der Waals surface area contributed by atoms with Gasteiger partial charge in [-0.3, -0.25) is 29.4 Å². The van der Waals surface area contributed by atoms with E-state index in [1.54, 1.807) is 0 Å². The predicted octanol–water partition coefficient (Wildman–Crippen LogP) is -0.330. The van der Waals surface area contributed by atoms with Crippen LogP contribution in [0, 0.1) is 0 Å². The Hall–Kier alpha value is -2.70. The standard InChI is InChI=1S/C13H11N3O4/c14-7-3-1-2-6-10(7)13(20)16(12(6)19)8-4-5-9(17)15-11(8)18/h1-3,8H,4-5,14H2,(H,15,17,18)/i2D. The van der Waals surface area contributed by atoms with Crippen LogP contribution >= 0.6 is 0 Å². The van der Waals surface area contributed by atoms with Crippen LogP contribution in [0.3, 0.4) is 0 Å². The maximum Gasteiger partial charge on any atom is 0.264 e. The van der Waals surface area contributed by atoms with Crippen molar-refractivity contribution >= 4 is 29.3 Å². The smallest absolute Gasteiger partial charge is 0.264 e. The highest BCUT2D eigenvalue weighted by atomic mass is 16.2. The molecule has 2 aliphatic heterocycles. The number of hydrogen-bond acceptors (Lipinski definition) is 5. The van der Waals surface area contributed by atoms with E-state index < -0.39 is 29.7 Å². The average Bonchev–Trinajstić information content (AvgIpc) is 2.68. The largest absolute Gasteiger partial charge is 0.398 e. The van der Waals surface area contributed by atoms with Crippen LogP contribution in [0.1, 0.15) is 34.9 Å². The summed E-state index contributed by atoms with van der Waals surface area (Å²) in [4.78, 5) is 48.5. The number of nitrogen functional groups attached to an aromatic ring is 1. The third kappa shape index (κ3) is 1.59. The fourth-order valence-corrected chi connectivity index (χ4v) is 2.46. The second-order valence-electron chi connectivity index (χ2n) is 4.63. The lowest BCUT2D eigenvalue weighted by Gasteiger charge is -2.27. The van der Waals surface area contributed by atoms with Crippen molar-refractivity contribution in [1.29, 1.82) is 0 Å². The normalized spacial score (nSPS) is 22.7. The topological polar surface area (TPSA) is 110 Å². The van der Waals surface area contributed by atoms with Gasteiger partial charge in [0.2, 0.25) is 11.8 Å². The molecule has 1 aromatic carbocycles. The summed E-state index contributed by atoms with van der Waals surface area (Å²) in [6, 6.07) is 1.54. The van der Waals surface area contributed by atoms with Crippen molar-refractivity contribution in [3.05, 3.63) is 29.3 Å². The average molecular weight is 274 g/mol. The molecule has 7 heteroatoms. The van der Waals surface area contributed by atoms with Crippen molar-refractivity contribution in [1.82, 2.24) is 10.2 Å². The summed E-state index contributed by atoms with van der Waals surface area (Å²) < 4.78 is 7.75. The molecule has 1 fully saturated rings. The molecule has 1 aromatic rings. The van der Waals surface area contributed by atoms with Gasteiger partial charge in [0.25, 0.3) is 11.8 Å². The van der Waals surface area contributed by atoms with Gasteiger partial charge in [0.1, 0.15) is 6.04 Å². The number of nitrogens with one attached hydrogen (secondary N) is 1. The Balaban J connectivity index is 2.05. The highest BCUT2D eigenvalue weighted by Gasteiger charge is 2.45. The molecule has 0 spiro atoms. The van der Waals surface area contributed by atoms with Crippen LogP contribution in [0.4, 0.5) is 5.69 Å². The highest BCUT2D eigenvalue weighted by molar-refractivity contribution is 6.25. The van der Waals surface area contributed by atoms with Crippen molar-refractivity contribution < 1.29 is 20.5 Å². The molecule has 0 saturated carbocycles. The van der Waals surface area contributed by atoms with Crippen LogP contribution in [0.2, 0.25) is 0 Å². The number of fused-ring (bicyclic) bond motifs is 1. The minimum atomic E-state index is -1.05. The Labute approximate surface area is 115 Å². The fourth-order valence-electron chi connectivity index (χ4n) is 2.46. The number of imide groups is 2. The van der Waals surface area contributed by atoms with E-state index in [2.05, 4.69) is 5.32 Å². The van der Waals surface area contributed by atoms with Gasteiger partial charge in [-0.15, -0.1) is 0 Å². The minimum absolute atomic E-state index is 0.0443. The first-order chi connectivity index (χ1) is 9.91. The quantitative estimate of drug-likeness (QED) is 0.538. The third-order valence-corrected chi connectivity index (χ3v) is 3.42. The van der Waals surface area contributed by atoms with Crippen molar-refractivity contribution in [3.8, 4) is 0 Å². The van der Waals surface area contributed by atoms with Crippen molar-refractivity contribution in [3.63, 3.8) is 0 Å². The molecule has 1 saturated heterocycles. The predicted molar refractivity (Wildman–Crippen MR) is 67.5 cm³/mol.